The first-order chi connectivity index (χ1) is 13.8. The molecule has 29 heavy (non-hydrogen) atoms. The highest BCUT2D eigenvalue weighted by atomic mass is 16.3. The Morgan fingerprint density at radius 1 is 0.966 bits per heavy atom. The third-order valence-electron chi connectivity index (χ3n) is 5.08. The van der Waals surface area contributed by atoms with Gasteiger partial charge in [0.15, 0.2) is 0 Å². The van der Waals surface area contributed by atoms with Crippen molar-refractivity contribution in [3.8, 4) is 0 Å². The minimum Gasteiger partial charge on any atom is -0.391 e. The molecule has 0 fully saturated rings. The van der Waals surface area contributed by atoms with Gasteiger partial charge in [-0.05, 0) is 70.6 Å². The Balaban J connectivity index is 1.65. The molecule has 158 valence electrons. The molecule has 2 N–H and O–H groups in total. The molecule has 2 aromatic carbocycles. The standard InChI is InChI=1S/C24H35N3O2/c1-19-10-8-11-20(2)24(19)25-23(29)18-27(4)15-9-14-26(3)17-22(28)16-21-12-6-5-7-13-21/h5-8,10-13,22,28H,9,14-18H2,1-4H3,(H,25,29). The predicted molar refractivity (Wildman–Crippen MR) is 120 cm³/mol. The van der Waals surface area contributed by atoms with E-state index in [1.165, 1.54) is 0 Å². The van der Waals surface area contributed by atoms with Gasteiger partial charge >= 0.3 is 0 Å². The number of amides is 1. The number of nitrogens with one attached hydrogen (secondary N) is 1. The van der Waals surface area contributed by atoms with Crippen molar-refractivity contribution in [2.75, 3.05) is 45.6 Å². The van der Waals surface area contributed by atoms with Gasteiger partial charge in [0.2, 0.25) is 5.91 Å². The molecule has 0 aliphatic rings. The molecular weight excluding hydrogens is 362 g/mol. The van der Waals surface area contributed by atoms with Crippen LogP contribution in [0.5, 0.6) is 0 Å². The van der Waals surface area contributed by atoms with E-state index in [0.29, 0.717) is 19.5 Å². The van der Waals surface area contributed by atoms with Gasteiger partial charge in [0.05, 0.1) is 12.6 Å². The van der Waals surface area contributed by atoms with Crippen molar-refractivity contribution in [3.63, 3.8) is 0 Å². The van der Waals surface area contributed by atoms with Crippen molar-refractivity contribution >= 4 is 11.6 Å². The number of aliphatic hydroxyl groups excluding tert-OH is 1. The molecular formula is C24H35N3O2. The number of nitrogens with zero attached hydrogens (tertiary/aromatic N) is 2. The largest absolute Gasteiger partial charge is 0.391 e. The third kappa shape index (κ3) is 8.36. The second-order valence-electron chi connectivity index (χ2n) is 8.01. The summed E-state index contributed by atoms with van der Waals surface area (Å²) in [4.78, 5) is 16.5. The lowest BCUT2D eigenvalue weighted by molar-refractivity contribution is -0.117. The summed E-state index contributed by atoms with van der Waals surface area (Å²) in [6, 6.07) is 16.1. The summed E-state index contributed by atoms with van der Waals surface area (Å²) in [6.07, 6.45) is 1.24. The maximum atomic E-state index is 12.3. The number of carbonyl (C=O) groups excluding carboxylic acids is 1. The smallest absolute Gasteiger partial charge is 0.238 e. The highest BCUT2D eigenvalue weighted by Gasteiger charge is 2.12. The van der Waals surface area contributed by atoms with E-state index in [2.05, 4.69) is 10.2 Å². The molecule has 0 heterocycles. The van der Waals surface area contributed by atoms with Gasteiger partial charge in [-0.3, -0.25) is 9.69 Å². The zero-order chi connectivity index (χ0) is 21.2. The maximum Gasteiger partial charge on any atom is 0.238 e. The molecule has 0 saturated heterocycles. The number of para-hydroxylation sites is 1. The fourth-order valence-corrected chi connectivity index (χ4v) is 3.53. The highest BCUT2D eigenvalue weighted by molar-refractivity contribution is 5.93. The number of aliphatic hydroxyl groups is 1. The highest BCUT2D eigenvalue weighted by Crippen LogP contribution is 2.19. The Labute approximate surface area is 175 Å². The van der Waals surface area contributed by atoms with E-state index in [1.807, 2.05) is 81.4 Å². The Kier molecular flexibility index (Phi) is 9.32. The van der Waals surface area contributed by atoms with Crippen LogP contribution < -0.4 is 5.32 Å². The fourth-order valence-electron chi connectivity index (χ4n) is 3.53. The molecule has 5 nitrogen and oxygen atoms in total. The lowest BCUT2D eigenvalue weighted by Crippen LogP contribution is -2.35. The van der Waals surface area contributed by atoms with Gasteiger partial charge < -0.3 is 15.3 Å². The number of aryl methyl sites for hydroxylation is 2. The summed E-state index contributed by atoms with van der Waals surface area (Å²) < 4.78 is 0. The molecule has 0 aliphatic heterocycles. The second kappa shape index (κ2) is 11.7. The van der Waals surface area contributed by atoms with Crippen LogP contribution >= 0.6 is 0 Å². The summed E-state index contributed by atoms with van der Waals surface area (Å²) in [5.41, 5.74) is 4.23. The van der Waals surface area contributed by atoms with Crippen LogP contribution in [0.3, 0.4) is 0 Å². The first-order valence-corrected chi connectivity index (χ1v) is 10.3. The van der Waals surface area contributed by atoms with Gasteiger partial charge in [-0.2, -0.15) is 0 Å². The van der Waals surface area contributed by atoms with Gasteiger partial charge in [0.1, 0.15) is 0 Å². The van der Waals surface area contributed by atoms with Crippen LogP contribution in [0.25, 0.3) is 0 Å². The van der Waals surface area contributed by atoms with Crippen molar-refractivity contribution in [2.45, 2.75) is 32.8 Å². The van der Waals surface area contributed by atoms with Crippen LogP contribution in [0.1, 0.15) is 23.1 Å². The Morgan fingerprint density at radius 2 is 1.59 bits per heavy atom. The molecule has 0 bridgehead atoms. The quantitative estimate of drug-likeness (QED) is 0.612. The monoisotopic (exact) mass is 397 g/mol. The first kappa shape index (κ1) is 23.1. The molecule has 0 aliphatic carbocycles. The van der Waals surface area contributed by atoms with Crippen molar-refractivity contribution in [1.29, 1.82) is 0 Å². The lowest BCUT2D eigenvalue weighted by Gasteiger charge is -2.22. The molecule has 0 aromatic heterocycles. The number of rotatable bonds is 11. The normalized spacial score (nSPS) is 12.4. The summed E-state index contributed by atoms with van der Waals surface area (Å²) in [5, 5.41) is 13.3. The van der Waals surface area contributed by atoms with E-state index in [4.69, 9.17) is 0 Å². The van der Waals surface area contributed by atoms with Gasteiger partial charge in [0, 0.05) is 12.2 Å². The molecule has 2 rings (SSSR count). The number of anilines is 1. The molecule has 0 radical (unpaired) electrons. The van der Waals surface area contributed by atoms with E-state index >= 15 is 0 Å². The minimum absolute atomic E-state index is 0.0107. The molecule has 2 aromatic rings. The summed E-state index contributed by atoms with van der Waals surface area (Å²) in [7, 11) is 4.00. The van der Waals surface area contributed by atoms with Crippen LogP contribution in [-0.2, 0) is 11.2 Å². The second-order valence-corrected chi connectivity index (χ2v) is 8.01. The number of hydrogen-bond donors (Lipinski definition) is 2. The van der Waals surface area contributed by atoms with Crippen LogP contribution in [-0.4, -0.2) is 67.2 Å². The van der Waals surface area contributed by atoms with Crippen molar-refractivity contribution in [2.24, 2.45) is 0 Å². The van der Waals surface area contributed by atoms with Crippen molar-refractivity contribution in [1.82, 2.24) is 9.80 Å². The van der Waals surface area contributed by atoms with Crippen LogP contribution in [0.15, 0.2) is 48.5 Å². The van der Waals surface area contributed by atoms with E-state index in [1.54, 1.807) is 0 Å². The van der Waals surface area contributed by atoms with Gasteiger partial charge in [-0.15, -0.1) is 0 Å². The summed E-state index contributed by atoms with van der Waals surface area (Å²) in [5.74, 6) is 0.0107. The topological polar surface area (TPSA) is 55.8 Å². The van der Waals surface area contributed by atoms with Gasteiger partial charge in [-0.1, -0.05) is 48.5 Å². The molecule has 1 amide bonds. The van der Waals surface area contributed by atoms with Gasteiger partial charge in [0.25, 0.3) is 0 Å². The third-order valence-corrected chi connectivity index (χ3v) is 5.08. The van der Waals surface area contributed by atoms with E-state index in [-0.39, 0.29) is 12.0 Å². The number of hydrogen-bond acceptors (Lipinski definition) is 4. The number of likely N-dealkylation sites (N-methyl/N-ethyl adjacent to an activating group) is 2. The zero-order valence-electron chi connectivity index (χ0n) is 18.2. The Hall–Kier alpha value is -2.21. The van der Waals surface area contributed by atoms with Crippen molar-refractivity contribution < 1.29 is 9.90 Å². The number of carbonyl (C=O) groups is 1. The Bertz CT molecular complexity index is 744. The molecule has 0 spiro atoms. The van der Waals surface area contributed by atoms with Gasteiger partial charge in [-0.25, -0.2) is 0 Å². The maximum absolute atomic E-state index is 12.3. The number of benzene rings is 2. The average Bonchev–Trinajstić information content (AvgIpc) is 2.65. The summed E-state index contributed by atoms with van der Waals surface area (Å²) in [6.45, 7) is 6.75. The van der Waals surface area contributed by atoms with Crippen molar-refractivity contribution in [3.05, 3.63) is 65.2 Å². The average molecular weight is 398 g/mol. The molecule has 1 unspecified atom stereocenters. The van der Waals surface area contributed by atoms with Crippen LogP contribution in [0.4, 0.5) is 5.69 Å². The van der Waals surface area contributed by atoms with Crippen LogP contribution in [0.2, 0.25) is 0 Å². The van der Waals surface area contributed by atoms with E-state index in [0.717, 1.165) is 41.9 Å². The van der Waals surface area contributed by atoms with E-state index in [9.17, 15) is 9.90 Å². The van der Waals surface area contributed by atoms with Crippen LogP contribution in [0, 0.1) is 13.8 Å². The minimum atomic E-state index is -0.372. The molecule has 5 heteroatoms. The van der Waals surface area contributed by atoms with E-state index < -0.39 is 0 Å². The Morgan fingerprint density at radius 3 is 2.24 bits per heavy atom. The molecule has 1 atom stereocenters. The predicted octanol–water partition coefficient (Wildman–Crippen LogP) is 3.10. The first-order valence-electron chi connectivity index (χ1n) is 10.3. The zero-order valence-corrected chi connectivity index (χ0v) is 18.2. The summed E-state index contributed by atoms with van der Waals surface area (Å²) >= 11 is 0. The molecule has 0 saturated carbocycles. The lowest BCUT2D eigenvalue weighted by atomic mass is 10.1. The fraction of sp³-hybridized carbons (Fsp3) is 0.458. The SMILES string of the molecule is Cc1cccc(C)c1NC(=O)CN(C)CCCN(C)CC(O)Cc1ccccc1.